The van der Waals surface area contributed by atoms with Crippen LogP contribution < -0.4 is 5.32 Å². The molecule has 0 aromatic carbocycles. The molecule has 0 unspecified atom stereocenters. The van der Waals surface area contributed by atoms with Crippen LogP contribution in [0.25, 0.3) is 5.52 Å². The van der Waals surface area contributed by atoms with Gasteiger partial charge in [-0.15, -0.1) is 5.10 Å². The van der Waals surface area contributed by atoms with Gasteiger partial charge in [0, 0.05) is 43.9 Å². The summed E-state index contributed by atoms with van der Waals surface area (Å²) in [7, 11) is 2.01. The summed E-state index contributed by atoms with van der Waals surface area (Å²) in [6, 6.07) is 5.99. The third kappa shape index (κ3) is 5.98. The topological polar surface area (TPSA) is 104 Å². The first-order valence-electron chi connectivity index (χ1n) is 11.7. The number of rotatable bonds is 9. The van der Waals surface area contributed by atoms with Gasteiger partial charge >= 0.3 is 6.09 Å². The first-order chi connectivity index (χ1) is 16.1. The van der Waals surface area contributed by atoms with E-state index in [1.165, 1.54) is 12.8 Å². The van der Waals surface area contributed by atoms with E-state index < -0.39 is 5.60 Å². The fourth-order valence-corrected chi connectivity index (χ4v) is 3.87. The van der Waals surface area contributed by atoms with Crippen LogP contribution in [0, 0.1) is 0 Å². The number of aromatic amines is 1. The summed E-state index contributed by atoms with van der Waals surface area (Å²) in [4.78, 5) is 20.6. The first kappa shape index (κ1) is 24.3. The van der Waals surface area contributed by atoms with Crippen LogP contribution in [0.3, 0.4) is 0 Å². The molecule has 3 heterocycles. The van der Waals surface area contributed by atoms with E-state index in [0.29, 0.717) is 43.7 Å². The van der Waals surface area contributed by atoms with E-state index in [9.17, 15) is 4.79 Å². The van der Waals surface area contributed by atoms with Crippen molar-refractivity contribution in [3.05, 3.63) is 34.9 Å². The number of halogens is 1. The van der Waals surface area contributed by atoms with E-state index >= 15 is 0 Å². The van der Waals surface area contributed by atoms with Crippen LogP contribution in [-0.4, -0.2) is 73.0 Å². The molecule has 1 aliphatic carbocycles. The van der Waals surface area contributed by atoms with E-state index in [2.05, 4.69) is 30.5 Å². The van der Waals surface area contributed by atoms with Crippen LogP contribution >= 0.6 is 11.6 Å². The number of hydrogen-bond acceptors (Lipinski definition) is 7. The standard InChI is InChI=1S/C23H33ClN8O2/c1-6-31(22(33)34-23(2,3)4)12-11-30(5)14-16-9-10-18-20(26-21(24)29-32(16)18)25-19-13-17(27-28-19)15-7-8-15/h9-10,13,15H,6-8,11-12,14H2,1-5H3,(H2,25,26,27,28,29). The maximum atomic E-state index is 12.4. The van der Waals surface area contributed by atoms with E-state index in [1.807, 2.05) is 52.9 Å². The molecule has 1 aliphatic rings. The molecule has 1 fully saturated rings. The number of nitrogens with one attached hydrogen (secondary N) is 2. The fourth-order valence-electron chi connectivity index (χ4n) is 3.71. The third-order valence-corrected chi connectivity index (χ3v) is 5.80. The highest BCUT2D eigenvalue weighted by Crippen LogP contribution is 2.39. The number of ether oxygens (including phenoxy) is 1. The van der Waals surface area contributed by atoms with Crippen molar-refractivity contribution in [2.75, 3.05) is 32.0 Å². The summed E-state index contributed by atoms with van der Waals surface area (Å²) in [5, 5.41) is 15.3. The predicted octanol–water partition coefficient (Wildman–Crippen LogP) is 4.42. The van der Waals surface area contributed by atoms with Crippen LogP contribution in [0.15, 0.2) is 18.2 Å². The van der Waals surface area contributed by atoms with E-state index in [0.717, 1.165) is 16.9 Å². The highest BCUT2D eigenvalue weighted by atomic mass is 35.5. The smallest absolute Gasteiger partial charge is 0.410 e. The van der Waals surface area contributed by atoms with Gasteiger partial charge in [0.25, 0.3) is 0 Å². The molecule has 0 radical (unpaired) electrons. The van der Waals surface area contributed by atoms with Gasteiger partial charge in [-0.25, -0.2) is 9.31 Å². The summed E-state index contributed by atoms with van der Waals surface area (Å²) in [6.07, 6.45) is 2.11. The molecule has 2 N–H and O–H groups in total. The lowest BCUT2D eigenvalue weighted by atomic mass is 10.2. The average Bonchev–Trinajstić information content (AvgIpc) is 3.37. The molecule has 34 heavy (non-hydrogen) atoms. The average molecular weight is 489 g/mol. The van der Waals surface area contributed by atoms with Gasteiger partial charge in [-0.05, 0) is 71.3 Å². The molecule has 0 bridgehead atoms. The molecule has 0 atom stereocenters. The molecule has 1 saturated carbocycles. The van der Waals surface area contributed by atoms with Gasteiger partial charge in [0.2, 0.25) is 5.28 Å². The monoisotopic (exact) mass is 488 g/mol. The van der Waals surface area contributed by atoms with Crippen molar-refractivity contribution >= 4 is 34.8 Å². The minimum Gasteiger partial charge on any atom is -0.444 e. The third-order valence-electron chi connectivity index (χ3n) is 5.64. The second kappa shape index (κ2) is 9.79. The van der Waals surface area contributed by atoms with Gasteiger partial charge in [-0.2, -0.15) is 10.1 Å². The highest BCUT2D eigenvalue weighted by Gasteiger charge is 2.26. The van der Waals surface area contributed by atoms with Crippen molar-refractivity contribution in [2.24, 2.45) is 0 Å². The van der Waals surface area contributed by atoms with Crippen molar-refractivity contribution in [1.82, 2.24) is 34.6 Å². The van der Waals surface area contributed by atoms with Gasteiger partial charge in [-0.1, -0.05) is 0 Å². The number of hydrogen-bond donors (Lipinski definition) is 2. The van der Waals surface area contributed by atoms with Crippen molar-refractivity contribution in [2.45, 2.75) is 58.6 Å². The number of H-pyrrole nitrogens is 1. The minimum atomic E-state index is -0.513. The molecule has 0 saturated heterocycles. The number of carbonyl (C=O) groups excluding carboxylic acids is 1. The number of nitrogens with zero attached hydrogens (tertiary/aromatic N) is 6. The summed E-state index contributed by atoms with van der Waals surface area (Å²) in [5.41, 5.74) is 2.41. The molecule has 10 nitrogen and oxygen atoms in total. The second-order valence-corrected chi connectivity index (χ2v) is 10.1. The molecule has 3 aromatic rings. The molecule has 1 amide bonds. The van der Waals surface area contributed by atoms with Crippen LogP contribution in [0.2, 0.25) is 5.28 Å². The zero-order valence-electron chi connectivity index (χ0n) is 20.4. The molecule has 0 spiro atoms. The number of anilines is 2. The molecular weight excluding hydrogens is 456 g/mol. The lowest BCUT2D eigenvalue weighted by Gasteiger charge is -2.28. The summed E-state index contributed by atoms with van der Waals surface area (Å²) < 4.78 is 7.30. The number of aromatic nitrogens is 5. The maximum absolute atomic E-state index is 12.4. The predicted molar refractivity (Wildman–Crippen MR) is 132 cm³/mol. The molecule has 11 heteroatoms. The number of fused-ring (bicyclic) bond motifs is 1. The van der Waals surface area contributed by atoms with E-state index in [1.54, 1.807) is 9.42 Å². The van der Waals surface area contributed by atoms with Crippen LogP contribution in [0.1, 0.15) is 57.8 Å². The number of likely N-dealkylation sites (N-methyl/N-ethyl adjacent to an activating group) is 2. The number of amides is 1. The van der Waals surface area contributed by atoms with Crippen molar-refractivity contribution in [3.63, 3.8) is 0 Å². The Bertz CT molecular complexity index is 1150. The quantitative estimate of drug-likeness (QED) is 0.459. The summed E-state index contributed by atoms with van der Waals surface area (Å²) in [6.45, 7) is 10.0. The lowest BCUT2D eigenvalue weighted by molar-refractivity contribution is 0.0246. The summed E-state index contributed by atoms with van der Waals surface area (Å²) >= 11 is 6.25. The van der Waals surface area contributed by atoms with Crippen LogP contribution in [0.5, 0.6) is 0 Å². The highest BCUT2D eigenvalue weighted by molar-refractivity contribution is 6.28. The minimum absolute atomic E-state index is 0.148. The normalized spacial score (nSPS) is 14.1. The zero-order valence-corrected chi connectivity index (χ0v) is 21.2. The molecule has 3 aromatic heterocycles. The van der Waals surface area contributed by atoms with Crippen LogP contribution in [0.4, 0.5) is 16.4 Å². The Morgan fingerprint density at radius 1 is 1.32 bits per heavy atom. The molecular formula is C23H33ClN8O2. The van der Waals surface area contributed by atoms with E-state index in [-0.39, 0.29) is 11.4 Å². The Balaban J connectivity index is 1.42. The van der Waals surface area contributed by atoms with Crippen LogP contribution in [-0.2, 0) is 11.3 Å². The van der Waals surface area contributed by atoms with Crippen molar-refractivity contribution < 1.29 is 9.53 Å². The number of carbonyl (C=O) groups is 1. The Kier molecular flexibility index (Phi) is 6.99. The first-order valence-corrected chi connectivity index (χ1v) is 12.0. The van der Waals surface area contributed by atoms with Gasteiger partial charge < -0.3 is 15.0 Å². The maximum Gasteiger partial charge on any atom is 0.410 e. The largest absolute Gasteiger partial charge is 0.444 e. The van der Waals surface area contributed by atoms with E-state index in [4.69, 9.17) is 16.3 Å². The Morgan fingerprint density at radius 2 is 2.09 bits per heavy atom. The SMILES string of the molecule is CCN(CCN(C)Cc1ccc2c(Nc3cc(C4CC4)[nH]n3)nc(Cl)nn12)C(=O)OC(C)(C)C. The van der Waals surface area contributed by atoms with Gasteiger partial charge in [-0.3, -0.25) is 10.00 Å². The Hall–Kier alpha value is -2.85. The lowest BCUT2D eigenvalue weighted by Crippen LogP contribution is -2.40. The molecule has 4 rings (SSSR count). The zero-order chi connectivity index (χ0) is 24.5. The molecule has 184 valence electrons. The second-order valence-electron chi connectivity index (χ2n) is 9.76. The van der Waals surface area contributed by atoms with Crippen molar-refractivity contribution in [3.8, 4) is 0 Å². The van der Waals surface area contributed by atoms with Gasteiger partial charge in [0.05, 0.1) is 5.69 Å². The Morgan fingerprint density at radius 3 is 2.76 bits per heavy atom. The molecule has 0 aliphatic heterocycles. The summed E-state index contributed by atoms with van der Waals surface area (Å²) in [5.74, 6) is 1.90. The van der Waals surface area contributed by atoms with Gasteiger partial charge in [0.1, 0.15) is 11.1 Å². The van der Waals surface area contributed by atoms with Gasteiger partial charge in [0.15, 0.2) is 11.6 Å². The van der Waals surface area contributed by atoms with Crippen molar-refractivity contribution in [1.29, 1.82) is 0 Å². The fraction of sp³-hybridized carbons (Fsp3) is 0.565. The Labute approximate surface area is 204 Å².